The Hall–Kier alpha value is -1.61. The van der Waals surface area contributed by atoms with Gasteiger partial charge in [-0.3, -0.25) is 4.98 Å². The van der Waals surface area contributed by atoms with Gasteiger partial charge < -0.3 is 9.84 Å². The van der Waals surface area contributed by atoms with Gasteiger partial charge in [0.1, 0.15) is 17.4 Å². The Morgan fingerprint density at radius 2 is 2.06 bits per heavy atom. The molecule has 1 aliphatic carbocycles. The molecule has 3 nitrogen and oxygen atoms in total. The molecule has 0 aliphatic heterocycles. The minimum atomic E-state index is -0.216. The van der Waals surface area contributed by atoms with Crippen molar-refractivity contribution in [1.29, 1.82) is 0 Å². The molecule has 3 rings (SSSR count). The van der Waals surface area contributed by atoms with Gasteiger partial charge in [-0.25, -0.2) is 0 Å². The summed E-state index contributed by atoms with van der Waals surface area (Å²) in [4.78, 5) is 4.38. The van der Waals surface area contributed by atoms with E-state index in [-0.39, 0.29) is 12.2 Å². The van der Waals surface area contributed by atoms with Gasteiger partial charge in [-0.2, -0.15) is 0 Å². The molecule has 0 amide bonds. The van der Waals surface area contributed by atoms with E-state index in [0.717, 1.165) is 42.3 Å². The molecule has 1 fully saturated rings. The lowest BCUT2D eigenvalue weighted by molar-refractivity contribution is 0.0543. The van der Waals surface area contributed by atoms with Gasteiger partial charge in [0.15, 0.2) is 0 Å². The third-order valence-electron chi connectivity index (χ3n) is 3.49. The standard InChI is InChI=1S/C15H17NO2/c17-12-6-2-7-13(10-12)18-14-8-1-4-11-5-3-9-16-15(11)14/h1,3-5,8-9,12-13,17H,2,6-7,10H2. The Balaban J connectivity index is 1.86. The van der Waals surface area contributed by atoms with Gasteiger partial charge in [0.05, 0.1) is 6.10 Å². The summed E-state index contributed by atoms with van der Waals surface area (Å²) in [6, 6.07) is 9.93. The number of fused-ring (bicyclic) bond motifs is 1. The molecule has 2 aromatic rings. The summed E-state index contributed by atoms with van der Waals surface area (Å²) >= 11 is 0. The minimum absolute atomic E-state index is 0.112. The molecule has 1 aromatic carbocycles. The second-order valence-electron chi connectivity index (χ2n) is 4.89. The number of nitrogens with zero attached hydrogens (tertiary/aromatic N) is 1. The first-order valence-corrected chi connectivity index (χ1v) is 6.51. The quantitative estimate of drug-likeness (QED) is 0.881. The summed E-state index contributed by atoms with van der Waals surface area (Å²) in [6.07, 6.45) is 5.35. The minimum Gasteiger partial charge on any atom is -0.488 e. The van der Waals surface area contributed by atoms with Crippen molar-refractivity contribution in [2.45, 2.75) is 37.9 Å². The number of rotatable bonds is 2. The lowest BCUT2D eigenvalue weighted by atomic mass is 9.95. The maximum Gasteiger partial charge on any atom is 0.145 e. The summed E-state index contributed by atoms with van der Waals surface area (Å²) in [6.45, 7) is 0. The number of hydrogen-bond donors (Lipinski definition) is 1. The molecule has 1 heterocycles. The maximum absolute atomic E-state index is 9.68. The average Bonchev–Trinajstić information content (AvgIpc) is 2.39. The maximum atomic E-state index is 9.68. The van der Waals surface area contributed by atoms with Crippen LogP contribution < -0.4 is 4.74 Å². The zero-order chi connectivity index (χ0) is 12.4. The molecule has 94 valence electrons. The molecule has 3 heteroatoms. The van der Waals surface area contributed by atoms with Crippen LogP contribution in [0.25, 0.3) is 10.9 Å². The van der Waals surface area contributed by atoms with Crippen LogP contribution in [0.5, 0.6) is 5.75 Å². The van der Waals surface area contributed by atoms with Gasteiger partial charge in [-0.05, 0) is 31.4 Å². The smallest absolute Gasteiger partial charge is 0.145 e. The molecule has 18 heavy (non-hydrogen) atoms. The summed E-state index contributed by atoms with van der Waals surface area (Å²) in [5, 5.41) is 10.8. The number of aliphatic hydroxyl groups is 1. The Morgan fingerprint density at radius 1 is 1.17 bits per heavy atom. The molecule has 0 radical (unpaired) electrons. The van der Waals surface area contributed by atoms with Crippen LogP contribution in [0.3, 0.4) is 0 Å². The molecule has 0 spiro atoms. The van der Waals surface area contributed by atoms with E-state index in [9.17, 15) is 5.11 Å². The SMILES string of the molecule is OC1CCCC(Oc2cccc3cccnc23)C1. The number of pyridine rings is 1. The second kappa shape index (κ2) is 4.94. The fraction of sp³-hybridized carbons (Fsp3) is 0.400. The normalized spacial score (nSPS) is 24.1. The fourth-order valence-electron chi connectivity index (χ4n) is 2.58. The van der Waals surface area contributed by atoms with E-state index in [1.165, 1.54) is 0 Å². The number of para-hydroxylation sites is 1. The number of aromatic nitrogens is 1. The zero-order valence-electron chi connectivity index (χ0n) is 10.2. The van der Waals surface area contributed by atoms with E-state index in [0.29, 0.717) is 0 Å². The van der Waals surface area contributed by atoms with E-state index in [1.54, 1.807) is 6.20 Å². The molecule has 2 atom stereocenters. The largest absolute Gasteiger partial charge is 0.488 e. The fourth-order valence-corrected chi connectivity index (χ4v) is 2.58. The number of benzene rings is 1. The van der Waals surface area contributed by atoms with Crippen LogP contribution in [0.2, 0.25) is 0 Å². The van der Waals surface area contributed by atoms with Gasteiger partial charge in [0.2, 0.25) is 0 Å². The molecule has 1 aromatic heterocycles. The predicted octanol–water partition coefficient (Wildman–Crippen LogP) is 2.92. The highest BCUT2D eigenvalue weighted by Gasteiger charge is 2.22. The van der Waals surface area contributed by atoms with Crippen LogP contribution in [0.15, 0.2) is 36.5 Å². The van der Waals surface area contributed by atoms with E-state index >= 15 is 0 Å². The van der Waals surface area contributed by atoms with Crippen LogP contribution in [0.4, 0.5) is 0 Å². The van der Waals surface area contributed by atoms with Crippen molar-refractivity contribution < 1.29 is 9.84 Å². The molecule has 2 unspecified atom stereocenters. The van der Waals surface area contributed by atoms with Crippen molar-refractivity contribution >= 4 is 10.9 Å². The van der Waals surface area contributed by atoms with Crippen LogP contribution in [0, 0.1) is 0 Å². The molecule has 1 N–H and O–H groups in total. The van der Waals surface area contributed by atoms with E-state index in [2.05, 4.69) is 4.98 Å². The van der Waals surface area contributed by atoms with Crippen molar-refractivity contribution in [3.63, 3.8) is 0 Å². The van der Waals surface area contributed by atoms with Crippen LogP contribution in [-0.2, 0) is 0 Å². The highest BCUT2D eigenvalue weighted by molar-refractivity contribution is 5.84. The first kappa shape index (κ1) is 11.5. The Morgan fingerprint density at radius 3 is 2.94 bits per heavy atom. The van der Waals surface area contributed by atoms with Gasteiger partial charge in [0.25, 0.3) is 0 Å². The second-order valence-corrected chi connectivity index (χ2v) is 4.89. The van der Waals surface area contributed by atoms with Crippen molar-refractivity contribution in [2.75, 3.05) is 0 Å². The van der Waals surface area contributed by atoms with Gasteiger partial charge in [-0.15, -0.1) is 0 Å². The summed E-state index contributed by atoms with van der Waals surface area (Å²) in [5.41, 5.74) is 0.903. The molecular weight excluding hydrogens is 226 g/mol. The van der Waals surface area contributed by atoms with E-state index in [4.69, 9.17) is 4.74 Å². The first-order chi connectivity index (χ1) is 8.83. The lowest BCUT2D eigenvalue weighted by Crippen LogP contribution is -2.28. The lowest BCUT2D eigenvalue weighted by Gasteiger charge is -2.26. The third-order valence-corrected chi connectivity index (χ3v) is 3.49. The van der Waals surface area contributed by atoms with Gasteiger partial charge in [-0.1, -0.05) is 18.2 Å². The zero-order valence-corrected chi connectivity index (χ0v) is 10.2. The van der Waals surface area contributed by atoms with Gasteiger partial charge in [0, 0.05) is 18.0 Å². The topological polar surface area (TPSA) is 42.4 Å². The first-order valence-electron chi connectivity index (χ1n) is 6.51. The third kappa shape index (κ3) is 2.31. The van der Waals surface area contributed by atoms with Crippen molar-refractivity contribution in [1.82, 2.24) is 4.98 Å². The van der Waals surface area contributed by atoms with Crippen LogP contribution >= 0.6 is 0 Å². The van der Waals surface area contributed by atoms with Crippen molar-refractivity contribution in [2.24, 2.45) is 0 Å². The monoisotopic (exact) mass is 243 g/mol. The summed E-state index contributed by atoms with van der Waals surface area (Å²) in [7, 11) is 0. The van der Waals surface area contributed by atoms with Gasteiger partial charge >= 0.3 is 0 Å². The Bertz CT molecular complexity index is 536. The molecule has 1 aliphatic rings. The molecule has 1 saturated carbocycles. The number of hydrogen-bond acceptors (Lipinski definition) is 3. The summed E-state index contributed by atoms with van der Waals surface area (Å²) < 4.78 is 6.02. The van der Waals surface area contributed by atoms with Crippen LogP contribution in [0.1, 0.15) is 25.7 Å². The molecule has 0 saturated heterocycles. The highest BCUT2D eigenvalue weighted by atomic mass is 16.5. The Kier molecular flexibility index (Phi) is 3.15. The van der Waals surface area contributed by atoms with Crippen molar-refractivity contribution in [3.8, 4) is 5.75 Å². The number of ether oxygens (including phenoxy) is 1. The predicted molar refractivity (Wildman–Crippen MR) is 70.6 cm³/mol. The average molecular weight is 243 g/mol. The molecule has 0 bridgehead atoms. The number of aliphatic hydroxyl groups excluding tert-OH is 1. The van der Waals surface area contributed by atoms with Crippen molar-refractivity contribution in [3.05, 3.63) is 36.5 Å². The van der Waals surface area contributed by atoms with E-state index < -0.39 is 0 Å². The van der Waals surface area contributed by atoms with E-state index in [1.807, 2.05) is 30.3 Å². The Labute approximate surface area is 106 Å². The highest BCUT2D eigenvalue weighted by Crippen LogP contribution is 2.28. The molecular formula is C15H17NO2. The summed E-state index contributed by atoms with van der Waals surface area (Å²) in [5.74, 6) is 0.826. The van der Waals surface area contributed by atoms with Crippen LogP contribution in [-0.4, -0.2) is 22.3 Å².